The quantitative estimate of drug-likeness (QED) is 0.240. The van der Waals surface area contributed by atoms with Crippen LogP contribution in [-0.2, 0) is 19.6 Å². The third kappa shape index (κ3) is 5.57. The summed E-state index contributed by atoms with van der Waals surface area (Å²) in [7, 11) is 0. The third-order valence-corrected chi connectivity index (χ3v) is 4.16. The van der Waals surface area contributed by atoms with E-state index < -0.39 is 73.3 Å². The first-order valence-electron chi connectivity index (χ1n) is 8.41. The molecule has 0 aliphatic rings. The van der Waals surface area contributed by atoms with Crippen molar-refractivity contribution in [3.63, 3.8) is 0 Å². The molecule has 0 aliphatic heterocycles. The van der Waals surface area contributed by atoms with E-state index >= 15 is 0 Å². The number of aromatic nitrogens is 3. The van der Waals surface area contributed by atoms with Gasteiger partial charge in [-0.1, -0.05) is 0 Å². The molecule has 0 amide bonds. The van der Waals surface area contributed by atoms with E-state index in [2.05, 4.69) is 0 Å². The van der Waals surface area contributed by atoms with E-state index in [0.29, 0.717) is 13.7 Å². The van der Waals surface area contributed by atoms with Crippen molar-refractivity contribution >= 4 is 0 Å². The van der Waals surface area contributed by atoms with E-state index in [1.807, 2.05) is 0 Å². The standard InChI is InChI=1S/C15H27N3O9/c1-7(19)10(22)4-16-13(25)17(5-11(23)8(2)20)15(27)18(14(16)26)6-12(24)9(3)21/h7-12,19-24H,4-6H2,1-3H3. The SMILES string of the molecule is CC(O)C(O)Cn1c(=O)n(CC(O)C(C)O)c(=O)n(CC(O)C(C)O)c1=O. The van der Waals surface area contributed by atoms with Crippen molar-refractivity contribution in [3.05, 3.63) is 31.5 Å². The van der Waals surface area contributed by atoms with Gasteiger partial charge in [-0.25, -0.2) is 28.1 Å². The topological polar surface area (TPSA) is 187 Å². The van der Waals surface area contributed by atoms with Crippen LogP contribution in [0.15, 0.2) is 14.4 Å². The molecular weight excluding hydrogens is 366 g/mol. The average molecular weight is 393 g/mol. The molecule has 12 nitrogen and oxygen atoms in total. The summed E-state index contributed by atoms with van der Waals surface area (Å²) in [6, 6.07) is 0. The van der Waals surface area contributed by atoms with Crippen LogP contribution >= 0.6 is 0 Å². The second-order valence-electron chi connectivity index (χ2n) is 6.60. The molecule has 1 aromatic heterocycles. The molecule has 0 aromatic carbocycles. The molecule has 156 valence electrons. The molecule has 6 atom stereocenters. The predicted molar refractivity (Wildman–Crippen MR) is 92.3 cm³/mol. The Morgan fingerprint density at radius 1 is 0.556 bits per heavy atom. The highest BCUT2D eigenvalue weighted by Crippen LogP contribution is 1.97. The molecule has 0 aliphatic carbocycles. The second-order valence-corrected chi connectivity index (χ2v) is 6.60. The van der Waals surface area contributed by atoms with E-state index in [-0.39, 0.29) is 0 Å². The summed E-state index contributed by atoms with van der Waals surface area (Å²) in [6.45, 7) is 1.76. The molecule has 0 saturated heterocycles. The summed E-state index contributed by atoms with van der Waals surface area (Å²) in [5.74, 6) is 0. The lowest BCUT2D eigenvalue weighted by Crippen LogP contribution is -2.58. The van der Waals surface area contributed by atoms with Crippen LogP contribution in [0.2, 0.25) is 0 Å². The number of nitrogens with zero attached hydrogens (tertiary/aromatic N) is 3. The van der Waals surface area contributed by atoms with Gasteiger partial charge in [0.05, 0.1) is 56.3 Å². The Morgan fingerprint density at radius 3 is 0.889 bits per heavy atom. The first-order chi connectivity index (χ1) is 12.4. The summed E-state index contributed by atoms with van der Waals surface area (Å²) in [5, 5.41) is 57.6. The normalized spacial score (nSPS) is 18.6. The summed E-state index contributed by atoms with van der Waals surface area (Å²) in [6.07, 6.45) is -8.35. The van der Waals surface area contributed by atoms with Crippen LogP contribution in [0.3, 0.4) is 0 Å². The molecule has 0 radical (unpaired) electrons. The lowest BCUT2D eigenvalue weighted by atomic mass is 10.2. The summed E-state index contributed by atoms with van der Waals surface area (Å²) >= 11 is 0. The minimum Gasteiger partial charge on any atom is -0.391 e. The van der Waals surface area contributed by atoms with Crippen LogP contribution in [0, 0.1) is 0 Å². The van der Waals surface area contributed by atoms with Gasteiger partial charge in [0, 0.05) is 0 Å². The van der Waals surface area contributed by atoms with Crippen LogP contribution in [0.25, 0.3) is 0 Å². The maximum absolute atomic E-state index is 12.5. The van der Waals surface area contributed by atoms with E-state index in [1.165, 1.54) is 20.8 Å². The minimum absolute atomic E-state index is 0.475. The van der Waals surface area contributed by atoms with Gasteiger partial charge < -0.3 is 30.6 Å². The maximum atomic E-state index is 12.5. The van der Waals surface area contributed by atoms with Crippen LogP contribution in [0.4, 0.5) is 0 Å². The lowest BCUT2D eigenvalue weighted by Gasteiger charge is -2.21. The fraction of sp³-hybridized carbons (Fsp3) is 0.800. The molecule has 1 aromatic rings. The molecule has 6 unspecified atom stereocenters. The first kappa shape index (κ1) is 23.2. The summed E-state index contributed by atoms with van der Waals surface area (Å²) in [5.41, 5.74) is -3.48. The molecule has 0 bridgehead atoms. The van der Waals surface area contributed by atoms with Gasteiger partial charge in [0.2, 0.25) is 0 Å². The zero-order chi connectivity index (χ0) is 21.0. The van der Waals surface area contributed by atoms with Crippen molar-refractivity contribution in [3.8, 4) is 0 Å². The molecule has 0 saturated carbocycles. The van der Waals surface area contributed by atoms with Crippen molar-refractivity contribution in [1.82, 2.24) is 13.7 Å². The van der Waals surface area contributed by atoms with Crippen LogP contribution in [0.5, 0.6) is 0 Å². The third-order valence-electron chi connectivity index (χ3n) is 4.16. The molecule has 0 spiro atoms. The predicted octanol–water partition coefficient (Wildman–Crippen LogP) is -4.60. The molecular formula is C15H27N3O9. The van der Waals surface area contributed by atoms with E-state index in [1.54, 1.807) is 0 Å². The number of rotatable bonds is 9. The van der Waals surface area contributed by atoms with Crippen molar-refractivity contribution < 1.29 is 30.6 Å². The molecule has 6 N–H and O–H groups in total. The molecule has 12 heteroatoms. The first-order valence-corrected chi connectivity index (χ1v) is 8.41. The summed E-state index contributed by atoms with van der Waals surface area (Å²) < 4.78 is 1.42. The Labute approximate surface area is 153 Å². The van der Waals surface area contributed by atoms with Crippen molar-refractivity contribution in [1.29, 1.82) is 0 Å². The fourth-order valence-electron chi connectivity index (χ4n) is 2.17. The summed E-state index contributed by atoms with van der Waals surface area (Å²) in [4.78, 5) is 37.5. The Morgan fingerprint density at radius 2 is 0.741 bits per heavy atom. The Kier molecular flexibility index (Phi) is 8.07. The highest BCUT2D eigenvalue weighted by Gasteiger charge is 2.24. The monoisotopic (exact) mass is 393 g/mol. The number of aliphatic hydroxyl groups is 6. The van der Waals surface area contributed by atoms with E-state index in [0.717, 1.165) is 0 Å². The zero-order valence-corrected chi connectivity index (χ0v) is 15.3. The smallest absolute Gasteiger partial charge is 0.336 e. The Bertz CT molecular complexity index is 658. The average Bonchev–Trinajstić information content (AvgIpc) is 2.58. The zero-order valence-electron chi connectivity index (χ0n) is 15.3. The van der Waals surface area contributed by atoms with Crippen molar-refractivity contribution in [2.75, 3.05) is 0 Å². The van der Waals surface area contributed by atoms with Gasteiger partial charge in [0.1, 0.15) is 0 Å². The lowest BCUT2D eigenvalue weighted by molar-refractivity contribution is 0.00865. The van der Waals surface area contributed by atoms with Gasteiger partial charge in [-0.05, 0) is 20.8 Å². The van der Waals surface area contributed by atoms with E-state index in [4.69, 9.17) is 0 Å². The number of hydrogen-bond donors (Lipinski definition) is 6. The molecule has 0 fully saturated rings. The minimum atomic E-state index is -1.50. The van der Waals surface area contributed by atoms with Gasteiger partial charge in [0.25, 0.3) is 0 Å². The van der Waals surface area contributed by atoms with Crippen LogP contribution in [-0.4, -0.2) is 81.0 Å². The van der Waals surface area contributed by atoms with Gasteiger partial charge in [-0.3, -0.25) is 0 Å². The molecule has 27 heavy (non-hydrogen) atoms. The van der Waals surface area contributed by atoms with Gasteiger partial charge in [-0.15, -0.1) is 0 Å². The van der Waals surface area contributed by atoms with Crippen molar-refractivity contribution in [2.45, 2.75) is 77.0 Å². The van der Waals surface area contributed by atoms with Gasteiger partial charge in [-0.2, -0.15) is 0 Å². The largest absolute Gasteiger partial charge is 0.391 e. The van der Waals surface area contributed by atoms with Crippen molar-refractivity contribution in [2.24, 2.45) is 0 Å². The highest BCUT2D eigenvalue weighted by atomic mass is 16.3. The Hall–Kier alpha value is -1.83. The number of aliphatic hydroxyl groups excluding tert-OH is 6. The fourth-order valence-corrected chi connectivity index (χ4v) is 2.17. The van der Waals surface area contributed by atoms with Gasteiger partial charge >= 0.3 is 17.1 Å². The number of hydrogen-bond acceptors (Lipinski definition) is 9. The highest BCUT2D eigenvalue weighted by molar-refractivity contribution is 4.83. The second kappa shape index (κ2) is 9.39. The maximum Gasteiger partial charge on any atom is 0.336 e. The van der Waals surface area contributed by atoms with Gasteiger partial charge in [0.15, 0.2) is 0 Å². The van der Waals surface area contributed by atoms with Crippen LogP contribution < -0.4 is 17.1 Å². The Balaban J connectivity index is 3.60. The molecule has 1 heterocycles. The van der Waals surface area contributed by atoms with Crippen LogP contribution in [0.1, 0.15) is 20.8 Å². The molecule has 1 rings (SSSR count). The van der Waals surface area contributed by atoms with E-state index in [9.17, 15) is 45.0 Å².